The lowest BCUT2D eigenvalue weighted by Crippen LogP contribution is -2.28. The van der Waals surface area contributed by atoms with Gasteiger partial charge in [0.1, 0.15) is 5.82 Å². The van der Waals surface area contributed by atoms with Gasteiger partial charge in [-0.2, -0.15) is 0 Å². The average Bonchev–Trinajstić information content (AvgIpc) is 3.15. The Kier molecular flexibility index (Phi) is 3.47. The van der Waals surface area contributed by atoms with Gasteiger partial charge in [-0.3, -0.25) is 4.79 Å². The van der Waals surface area contributed by atoms with Gasteiger partial charge in [0.15, 0.2) is 0 Å². The molecule has 5 rings (SSSR count). The van der Waals surface area contributed by atoms with E-state index in [-0.39, 0.29) is 5.91 Å². The van der Waals surface area contributed by atoms with Crippen LogP contribution in [0.2, 0.25) is 0 Å². The number of benzene rings is 3. The summed E-state index contributed by atoms with van der Waals surface area (Å²) in [5.41, 5.74) is 3.69. The number of rotatable bonds is 4. The second kappa shape index (κ2) is 5.85. The van der Waals surface area contributed by atoms with E-state index in [0.717, 1.165) is 38.9 Å². The van der Waals surface area contributed by atoms with E-state index in [4.69, 9.17) is 16.6 Å². The number of amides is 1. The highest BCUT2D eigenvalue weighted by atomic mass is 35.5. The fourth-order valence-corrected chi connectivity index (χ4v) is 4.03. The minimum atomic E-state index is 0.0290. The molecule has 1 aliphatic heterocycles. The molecule has 1 amide bonds. The Morgan fingerprint density at radius 3 is 2.62 bits per heavy atom. The van der Waals surface area contributed by atoms with Gasteiger partial charge in [-0.05, 0) is 29.7 Å². The summed E-state index contributed by atoms with van der Waals surface area (Å²) in [6, 6.07) is 19.9. The second-order valence-corrected chi connectivity index (χ2v) is 6.81. The molecule has 128 valence electrons. The third-order valence-electron chi connectivity index (χ3n) is 4.99. The maximum atomic E-state index is 13.0. The Morgan fingerprint density at radius 2 is 1.77 bits per heavy atom. The van der Waals surface area contributed by atoms with Crippen LogP contribution in [-0.4, -0.2) is 21.3 Å². The van der Waals surface area contributed by atoms with Crippen LogP contribution in [0, 0.1) is 0 Å². The van der Waals surface area contributed by atoms with E-state index >= 15 is 0 Å². The third-order valence-corrected chi connectivity index (χ3v) is 5.16. The maximum absolute atomic E-state index is 13.0. The molecule has 1 aromatic heterocycles. The molecule has 0 saturated carbocycles. The molecule has 26 heavy (non-hydrogen) atoms. The van der Waals surface area contributed by atoms with Gasteiger partial charge in [0.2, 0.25) is 0 Å². The standard InChI is InChI=1S/C21H16ClN3O/c22-11-12-24-17-9-2-1-8-16(17)23-19(24)13-25-18-10-4-6-14-5-3-7-15(20(14)18)21(25)26/h1-10H,11-13H2. The number of anilines is 1. The third kappa shape index (κ3) is 2.15. The highest BCUT2D eigenvalue weighted by Gasteiger charge is 2.30. The van der Waals surface area contributed by atoms with E-state index in [9.17, 15) is 4.79 Å². The molecule has 0 radical (unpaired) electrons. The first-order chi connectivity index (χ1) is 12.8. The van der Waals surface area contributed by atoms with Crippen LogP contribution in [0.25, 0.3) is 21.8 Å². The van der Waals surface area contributed by atoms with Crippen molar-refractivity contribution in [3.05, 3.63) is 72.1 Å². The predicted octanol–water partition coefficient (Wildman–Crippen LogP) is 4.59. The van der Waals surface area contributed by atoms with Gasteiger partial charge in [0, 0.05) is 23.4 Å². The number of fused-ring (bicyclic) bond motifs is 1. The normalized spacial score (nSPS) is 13.3. The van der Waals surface area contributed by atoms with Crippen molar-refractivity contribution < 1.29 is 4.79 Å². The number of carbonyl (C=O) groups excluding carboxylic acids is 1. The molecule has 0 aliphatic carbocycles. The zero-order chi connectivity index (χ0) is 17.7. The van der Waals surface area contributed by atoms with E-state index in [1.165, 1.54) is 0 Å². The molecule has 0 unspecified atom stereocenters. The first-order valence-electron chi connectivity index (χ1n) is 8.61. The van der Waals surface area contributed by atoms with Gasteiger partial charge in [-0.15, -0.1) is 11.6 Å². The fraction of sp³-hybridized carbons (Fsp3) is 0.143. The lowest BCUT2D eigenvalue weighted by Gasteiger charge is -2.18. The monoisotopic (exact) mass is 361 g/mol. The summed E-state index contributed by atoms with van der Waals surface area (Å²) in [6.45, 7) is 1.09. The smallest absolute Gasteiger partial charge is 0.259 e. The Balaban J connectivity index is 1.63. The van der Waals surface area contributed by atoms with Crippen LogP contribution in [0.1, 0.15) is 16.2 Å². The SMILES string of the molecule is O=C1c2cccc3cccc(c23)N1Cc1nc2ccccc2n1CCCl. The molecule has 0 saturated heterocycles. The van der Waals surface area contributed by atoms with Crippen molar-refractivity contribution in [2.24, 2.45) is 0 Å². The van der Waals surface area contributed by atoms with Crippen molar-refractivity contribution in [2.75, 3.05) is 10.8 Å². The average molecular weight is 362 g/mol. The van der Waals surface area contributed by atoms with Gasteiger partial charge in [0.05, 0.1) is 23.3 Å². The summed E-state index contributed by atoms with van der Waals surface area (Å²) in [6.07, 6.45) is 0. The van der Waals surface area contributed by atoms with Crippen LogP contribution in [0.3, 0.4) is 0 Å². The molecule has 4 nitrogen and oxygen atoms in total. The summed E-state index contributed by atoms with van der Waals surface area (Å²) in [7, 11) is 0. The lowest BCUT2D eigenvalue weighted by atomic mass is 10.1. The van der Waals surface area contributed by atoms with Crippen LogP contribution >= 0.6 is 11.6 Å². The largest absolute Gasteiger partial charge is 0.325 e. The highest BCUT2D eigenvalue weighted by molar-refractivity contribution is 6.24. The molecule has 3 aromatic carbocycles. The molecule has 0 bridgehead atoms. The molecule has 0 N–H and O–H groups in total. The fourth-order valence-electron chi connectivity index (χ4n) is 3.86. The topological polar surface area (TPSA) is 38.1 Å². The quantitative estimate of drug-likeness (QED) is 0.499. The van der Waals surface area contributed by atoms with Gasteiger partial charge < -0.3 is 9.47 Å². The number of para-hydroxylation sites is 2. The molecule has 0 atom stereocenters. The Hall–Kier alpha value is -2.85. The molecule has 0 spiro atoms. The van der Waals surface area contributed by atoms with Crippen LogP contribution < -0.4 is 4.90 Å². The zero-order valence-electron chi connectivity index (χ0n) is 14.0. The van der Waals surface area contributed by atoms with E-state index in [0.29, 0.717) is 19.0 Å². The van der Waals surface area contributed by atoms with Crippen molar-refractivity contribution in [2.45, 2.75) is 13.1 Å². The Morgan fingerprint density at radius 1 is 0.962 bits per heavy atom. The first kappa shape index (κ1) is 15.4. The van der Waals surface area contributed by atoms with Crippen molar-refractivity contribution in [1.82, 2.24) is 9.55 Å². The molecule has 2 heterocycles. The predicted molar refractivity (Wildman–Crippen MR) is 105 cm³/mol. The van der Waals surface area contributed by atoms with E-state index in [1.54, 1.807) is 0 Å². The van der Waals surface area contributed by atoms with E-state index in [1.807, 2.05) is 65.6 Å². The van der Waals surface area contributed by atoms with Crippen molar-refractivity contribution in [1.29, 1.82) is 0 Å². The number of aryl methyl sites for hydroxylation is 1. The molecule has 0 fully saturated rings. The minimum absolute atomic E-state index is 0.0290. The number of alkyl halides is 1. The van der Waals surface area contributed by atoms with Crippen molar-refractivity contribution in [3.63, 3.8) is 0 Å². The summed E-state index contributed by atoms with van der Waals surface area (Å²) in [4.78, 5) is 19.6. The lowest BCUT2D eigenvalue weighted by molar-refractivity contribution is 0.0990. The second-order valence-electron chi connectivity index (χ2n) is 6.43. The molecule has 4 aromatic rings. The Labute approximate surface area is 155 Å². The van der Waals surface area contributed by atoms with E-state index in [2.05, 4.69) is 4.57 Å². The Bertz CT molecular complexity index is 1160. The number of hydrogen-bond acceptors (Lipinski definition) is 2. The van der Waals surface area contributed by atoms with E-state index < -0.39 is 0 Å². The van der Waals surface area contributed by atoms with Crippen LogP contribution in [0.5, 0.6) is 0 Å². The van der Waals surface area contributed by atoms with Gasteiger partial charge in [-0.1, -0.05) is 36.4 Å². The molecular formula is C21H16ClN3O. The summed E-state index contributed by atoms with van der Waals surface area (Å²) < 4.78 is 2.11. The van der Waals surface area contributed by atoms with Crippen LogP contribution in [-0.2, 0) is 13.1 Å². The van der Waals surface area contributed by atoms with Gasteiger partial charge >= 0.3 is 0 Å². The summed E-state index contributed by atoms with van der Waals surface area (Å²) >= 11 is 6.02. The number of halogens is 1. The summed E-state index contributed by atoms with van der Waals surface area (Å²) in [5.74, 6) is 1.38. The van der Waals surface area contributed by atoms with Crippen molar-refractivity contribution in [3.8, 4) is 0 Å². The number of carbonyl (C=O) groups is 1. The van der Waals surface area contributed by atoms with Gasteiger partial charge in [0.25, 0.3) is 5.91 Å². The van der Waals surface area contributed by atoms with Crippen molar-refractivity contribution >= 4 is 45.0 Å². The van der Waals surface area contributed by atoms with Crippen LogP contribution in [0.4, 0.5) is 5.69 Å². The molecule has 5 heteroatoms. The molecule has 1 aliphatic rings. The number of nitrogens with zero attached hydrogens (tertiary/aromatic N) is 3. The highest BCUT2D eigenvalue weighted by Crippen LogP contribution is 2.38. The van der Waals surface area contributed by atoms with Gasteiger partial charge in [-0.25, -0.2) is 4.98 Å². The zero-order valence-corrected chi connectivity index (χ0v) is 14.8. The maximum Gasteiger partial charge on any atom is 0.259 e. The number of aromatic nitrogens is 2. The minimum Gasteiger partial charge on any atom is -0.325 e. The van der Waals surface area contributed by atoms with Crippen LogP contribution in [0.15, 0.2) is 60.7 Å². The first-order valence-corrected chi connectivity index (χ1v) is 9.15. The number of hydrogen-bond donors (Lipinski definition) is 0. The summed E-state index contributed by atoms with van der Waals surface area (Å²) in [5, 5.41) is 2.12. The number of imidazole rings is 1. The molecular weight excluding hydrogens is 346 g/mol.